The lowest BCUT2D eigenvalue weighted by molar-refractivity contribution is 0.134. The summed E-state index contributed by atoms with van der Waals surface area (Å²) < 4.78 is 26.8. The van der Waals surface area contributed by atoms with E-state index in [0.717, 1.165) is 12.8 Å². The van der Waals surface area contributed by atoms with E-state index in [1.807, 2.05) is 6.07 Å². The van der Waals surface area contributed by atoms with Crippen molar-refractivity contribution in [2.45, 2.75) is 30.3 Å². The second-order valence-electron chi connectivity index (χ2n) is 4.97. The lowest BCUT2D eigenvalue weighted by atomic mass is 10.1. The van der Waals surface area contributed by atoms with Crippen molar-refractivity contribution in [2.24, 2.45) is 5.92 Å². The molecule has 0 aliphatic heterocycles. The zero-order valence-electron chi connectivity index (χ0n) is 10.9. The summed E-state index contributed by atoms with van der Waals surface area (Å²) in [6, 6.07) is 5.97. The molecule has 108 valence electrons. The highest BCUT2D eigenvalue weighted by Crippen LogP contribution is 2.26. The van der Waals surface area contributed by atoms with Crippen molar-refractivity contribution in [2.75, 3.05) is 12.3 Å². The molecule has 0 bridgehead atoms. The van der Waals surface area contributed by atoms with Gasteiger partial charge in [-0.25, -0.2) is 13.1 Å². The Kier molecular flexibility index (Phi) is 4.28. The van der Waals surface area contributed by atoms with Crippen molar-refractivity contribution in [3.05, 3.63) is 23.8 Å². The van der Waals surface area contributed by atoms with E-state index in [2.05, 4.69) is 4.72 Å². The van der Waals surface area contributed by atoms with Gasteiger partial charge in [0.05, 0.1) is 23.4 Å². The summed E-state index contributed by atoms with van der Waals surface area (Å²) in [5.74, 6) is -0.0515. The van der Waals surface area contributed by atoms with Crippen LogP contribution >= 0.6 is 0 Å². The molecule has 4 N–H and O–H groups in total. The molecular formula is C13H17N3O3S. The fourth-order valence-electron chi connectivity index (χ4n) is 2.41. The van der Waals surface area contributed by atoms with Gasteiger partial charge in [-0.1, -0.05) is 6.42 Å². The van der Waals surface area contributed by atoms with Crippen LogP contribution in [0.4, 0.5) is 5.69 Å². The Morgan fingerprint density at radius 3 is 2.75 bits per heavy atom. The standard InChI is InChI=1S/C13H17N3O3S/c14-7-9-4-5-13(11(15)6-9)20(18,19)16-8-10-2-1-3-12(10)17/h4-6,10,12,16-17H,1-3,8,15H2. The van der Waals surface area contributed by atoms with Gasteiger partial charge in [0.1, 0.15) is 4.90 Å². The van der Waals surface area contributed by atoms with Gasteiger partial charge in [0.2, 0.25) is 10.0 Å². The number of nitrogen functional groups attached to an aromatic ring is 1. The van der Waals surface area contributed by atoms with Crippen molar-refractivity contribution >= 4 is 15.7 Å². The van der Waals surface area contributed by atoms with Gasteiger partial charge in [0, 0.05) is 6.54 Å². The Bertz CT molecular complexity index is 637. The average Bonchev–Trinajstić information content (AvgIpc) is 2.81. The molecule has 1 saturated carbocycles. The molecular weight excluding hydrogens is 278 g/mol. The minimum Gasteiger partial charge on any atom is -0.398 e. The molecule has 0 aromatic heterocycles. The van der Waals surface area contributed by atoms with Gasteiger partial charge in [-0.3, -0.25) is 0 Å². The summed E-state index contributed by atoms with van der Waals surface area (Å²) in [5.41, 5.74) is 6.03. The number of sulfonamides is 1. The zero-order valence-corrected chi connectivity index (χ0v) is 11.7. The molecule has 0 radical (unpaired) electrons. The van der Waals surface area contributed by atoms with E-state index in [0.29, 0.717) is 12.0 Å². The fourth-order valence-corrected chi connectivity index (χ4v) is 3.62. The number of anilines is 1. The first-order valence-corrected chi connectivity index (χ1v) is 7.89. The Hall–Kier alpha value is -1.62. The van der Waals surface area contributed by atoms with Crippen LogP contribution in [0.5, 0.6) is 0 Å². The van der Waals surface area contributed by atoms with Crippen LogP contribution in [0.15, 0.2) is 23.1 Å². The third-order valence-corrected chi connectivity index (χ3v) is 5.08. The van der Waals surface area contributed by atoms with Crippen LogP contribution in [0, 0.1) is 17.2 Å². The molecule has 7 heteroatoms. The Balaban J connectivity index is 2.12. The molecule has 1 fully saturated rings. The molecule has 2 atom stereocenters. The van der Waals surface area contributed by atoms with Crippen LogP contribution in [0.3, 0.4) is 0 Å². The largest absolute Gasteiger partial charge is 0.398 e. The normalized spacial score (nSPS) is 22.6. The summed E-state index contributed by atoms with van der Waals surface area (Å²) >= 11 is 0. The van der Waals surface area contributed by atoms with Gasteiger partial charge >= 0.3 is 0 Å². The van der Waals surface area contributed by atoms with E-state index in [1.165, 1.54) is 18.2 Å². The number of nitrogens with two attached hydrogens (primary N) is 1. The van der Waals surface area contributed by atoms with Gasteiger partial charge in [-0.2, -0.15) is 5.26 Å². The second kappa shape index (κ2) is 5.79. The Morgan fingerprint density at radius 2 is 2.20 bits per heavy atom. The summed E-state index contributed by atoms with van der Waals surface area (Å²) in [4.78, 5) is -0.0380. The highest BCUT2D eigenvalue weighted by molar-refractivity contribution is 7.89. The molecule has 0 amide bonds. The van der Waals surface area contributed by atoms with E-state index >= 15 is 0 Å². The van der Waals surface area contributed by atoms with Crippen molar-refractivity contribution in [1.82, 2.24) is 4.72 Å². The van der Waals surface area contributed by atoms with E-state index < -0.39 is 16.1 Å². The maximum atomic E-state index is 12.2. The van der Waals surface area contributed by atoms with Crippen LogP contribution < -0.4 is 10.5 Å². The van der Waals surface area contributed by atoms with E-state index in [4.69, 9.17) is 11.0 Å². The van der Waals surface area contributed by atoms with Crippen molar-refractivity contribution in [1.29, 1.82) is 5.26 Å². The van der Waals surface area contributed by atoms with Crippen molar-refractivity contribution in [3.63, 3.8) is 0 Å². The highest BCUT2D eigenvalue weighted by Gasteiger charge is 2.27. The molecule has 0 spiro atoms. The number of rotatable bonds is 4. The monoisotopic (exact) mass is 295 g/mol. The van der Waals surface area contributed by atoms with Gasteiger partial charge < -0.3 is 10.8 Å². The first-order chi connectivity index (χ1) is 9.44. The molecule has 2 unspecified atom stereocenters. The number of aliphatic hydroxyl groups excluding tert-OH is 1. The molecule has 2 rings (SSSR count). The SMILES string of the molecule is N#Cc1ccc(S(=O)(=O)NCC2CCCC2O)c(N)c1. The predicted octanol–water partition coefficient (Wildman–Crippen LogP) is 0.580. The molecule has 0 heterocycles. The number of hydrogen-bond acceptors (Lipinski definition) is 5. The molecule has 1 aliphatic rings. The third-order valence-electron chi connectivity index (χ3n) is 3.58. The number of hydrogen-bond donors (Lipinski definition) is 3. The molecule has 0 saturated heterocycles. The summed E-state index contributed by atoms with van der Waals surface area (Å²) in [6.07, 6.45) is 1.99. The quantitative estimate of drug-likeness (QED) is 0.703. The summed E-state index contributed by atoms with van der Waals surface area (Å²) in [7, 11) is -3.72. The fraction of sp³-hybridized carbons (Fsp3) is 0.462. The topological polar surface area (TPSA) is 116 Å². The molecule has 1 aliphatic carbocycles. The van der Waals surface area contributed by atoms with E-state index in [9.17, 15) is 13.5 Å². The van der Waals surface area contributed by atoms with Crippen LogP contribution in [-0.2, 0) is 10.0 Å². The lowest BCUT2D eigenvalue weighted by Crippen LogP contribution is -2.32. The maximum absolute atomic E-state index is 12.2. The molecule has 6 nitrogen and oxygen atoms in total. The zero-order chi connectivity index (χ0) is 14.8. The van der Waals surface area contributed by atoms with Gasteiger partial charge in [-0.15, -0.1) is 0 Å². The van der Waals surface area contributed by atoms with Crippen LogP contribution in [0.25, 0.3) is 0 Å². The number of nitriles is 1. The summed E-state index contributed by atoms with van der Waals surface area (Å²) in [5, 5.41) is 18.4. The molecule has 1 aromatic carbocycles. The number of aliphatic hydroxyl groups is 1. The second-order valence-corrected chi connectivity index (χ2v) is 6.71. The van der Waals surface area contributed by atoms with Gasteiger partial charge in [0.25, 0.3) is 0 Å². The highest BCUT2D eigenvalue weighted by atomic mass is 32.2. The number of nitrogens with zero attached hydrogens (tertiary/aromatic N) is 1. The van der Waals surface area contributed by atoms with E-state index in [1.54, 1.807) is 0 Å². The predicted molar refractivity (Wildman–Crippen MR) is 74.1 cm³/mol. The minimum absolute atomic E-state index is 0.0380. The van der Waals surface area contributed by atoms with Crippen LogP contribution in [-0.4, -0.2) is 26.2 Å². The Morgan fingerprint density at radius 1 is 1.45 bits per heavy atom. The first-order valence-electron chi connectivity index (χ1n) is 6.41. The summed E-state index contributed by atoms with van der Waals surface area (Å²) in [6.45, 7) is 0.197. The maximum Gasteiger partial charge on any atom is 0.242 e. The van der Waals surface area contributed by atoms with Gasteiger partial charge in [-0.05, 0) is 37.0 Å². The Labute approximate surface area is 118 Å². The molecule has 20 heavy (non-hydrogen) atoms. The van der Waals surface area contributed by atoms with Crippen LogP contribution in [0.2, 0.25) is 0 Å². The third kappa shape index (κ3) is 3.10. The smallest absolute Gasteiger partial charge is 0.242 e. The average molecular weight is 295 g/mol. The van der Waals surface area contributed by atoms with E-state index in [-0.39, 0.29) is 23.0 Å². The number of nitrogens with one attached hydrogen (secondary N) is 1. The van der Waals surface area contributed by atoms with Crippen molar-refractivity contribution < 1.29 is 13.5 Å². The van der Waals surface area contributed by atoms with Crippen LogP contribution in [0.1, 0.15) is 24.8 Å². The number of benzene rings is 1. The first kappa shape index (κ1) is 14.8. The lowest BCUT2D eigenvalue weighted by Gasteiger charge is -2.16. The minimum atomic E-state index is -3.72. The van der Waals surface area contributed by atoms with Crippen molar-refractivity contribution in [3.8, 4) is 6.07 Å². The van der Waals surface area contributed by atoms with Gasteiger partial charge in [0.15, 0.2) is 0 Å². The molecule has 1 aromatic rings.